The van der Waals surface area contributed by atoms with Gasteiger partial charge in [0, 0.05) is 18.3 Å². The zero-order valence-corrected chi connectivity index (χ0v) is 15.9. The topological polar surface area (TPSA) is 82.5 Å². The predicted octanol–water partition coefficient (Wildman–Crippen LogP) is 4.14. The number of aromatic carboxylic acids is 1. The van der Waals surface area contributed by atoms with Crippen molar-refractivity contribution in [2.24, 2.45) is 0 Å². The fraction of sp³-hybridized carbons (Fsp3) is 0.381. The van der Waals surface area contributed by atoms with Gasteiger partial charge in [-0.2, -0.15) is 0 Å². The quantitative estimate of drug-likeness (QED) is 0.768. The summed E-state index contributed by atoms with van der Waals surface area (Å²) in [5, 5.41) is 11.8. The molecule has 0 spiro atoms. The number of pyridine rings is 1. The van der Waals surface area contributed by atoms with E-state index in [1.165, 1.54) is 12.1 Å². The van der Waals surface area contributed by atoms with Gasteiger partial charge in [-0.15, -0.1) is 0 Å². The summed E-state index contributed by atoms with van der Waals surface area (Å²) < 4.78 is 0. The summed E-state index contributed by atoms with van der Waals surface area (Å²) in [6, 6.07) is 10.4. The van der Waals surface area contributed by atoms with E-state index in [1.54, 1.807) is 12.1 Å². The molecular weight excluding hydrogens is 342 g/mol. The summed E-state index contributed by atoms with van der Waals surface area (Å²) >= 11 is 0. The lowest BCUT2D eigenvalue weighted by molar-refractivity contribution is 0.0696. The zero-order valence-electron chi connectivity index (χ0n) is 15.9. The van der Waals surface area contributed by atoms with Crippen molar-refractivity contribution in [2.75, 3.05) is 16.8 Å². The van der Waals surface area contributed by atoms with Gasteiger partial charge in [-0.3, -0.25) is 4.79 Å². The lowest BCUT2D eigenvalue weighted by atomic mass is 10.1. The molecule has 0 atom stereocenters. The second-order valence-corrected chi connectivity index (χ2v) is 7.13. The van der Waals surface area contributed by atoms with Crippen molar-refractivity contribution >= 4 is 23.4 Å². The molecule has 1 saturated carbocycles. The minimum Gasteiger partial charge on any atom is -0.478 e. The molecule has 3 rings (SSSR count). The average molecular weight is 367 g/mol. The van der Waals surface area contributed by atoms with E-state index in [1.807, 2.05) is 6.07 Å². The number of rotatable bonds is 7. The number of anilines is 2. The van der Waals surface area contributed by atoms with Crippen LogP contribution in [-0.2, 0) is 0 Å². The summed E-state index contributed by atoms with van der Waals surface area (Å²) in [4.78, 5) is 30.5. The second-order valence-electron chi connectivity index (χ2n) is 7.13. The van der Waals surface area contributed by atoms with E-state index in [2.05, 4.69) is 42.0 Å². The standard InChI is InChI=1S/C21H25N3O3/c1-4-24(13(2)3)19-12-16(14-5-6-14)11-18(23-19)20(25)22-17-9-7-15(8-10-17)21(26)27/h7-14H,4-6H2,1-3H3,(H,22,25)(H,26,27). The summed E-state index contributed by atoms with van der Waals surface area (Å²) in [6.07, 6.45) is 2.30. The fourth-order valence-corrected chi connectivity index (χ4v) is 3.14. The van der Waals surface area contributed by atoms with Gasteiger partial charge in [0.1, 0.15) is 11.5 Å². The van der Waals surface area contributed by atoms with Gasteiger partial charge in [-0.05, 0) is 81.5 Å². The van der Waals surface area contributed by atoms with E-state index in [0.717, 1.165) is 30.8 Å². The van der Waals surface area contributed by atoms with Crippen molar-refractivity contribution in [1.29, 1.82) is 0 Å². The van der Waals surface area contributed by atoms with Crippen LogP contribution < -0.4 is 10.2 Å². The van der Waals surface area contributed by atoms with Crippen molar-refractivity contribution < 1.29 is 14.7 Å². The molecule has 1 fully saturated rings. The van der Waals surface area contributed by atoms with Gasteiger partial charge in [-0.1, -0.05) is 0 Å². The third-order valence-electron chi connectivity index (χ3n) is 4.76. The van der Waals surface area contributed by atoms with Crippen LogP contribution in [0.2, 0.25) is 0 Å². The summed E-state index contributed by atoms with van der Waals surface area (Å²) in [5.74, 6) is 0.0496. The van der Waals surface area contributed by atoms with Crippen molar-refractivity contribution in [3.63, 3.8) is 0 Å². The number of hydrogen-bond donors (Lipinski definition) is 2. The summed E-state index contributed by atoms with van der Waals surface area (Å²) in [6.45, 7) is 7.11. The molecule has 6 heteroatoms. The Morgan fingerprint density at radius 2 is 1.89 bits per heavy atom. The van der Waals surface area contributed by atoms with Crippen LogP contribution in [0.15, 0.2) is 36.4 Å². The molecule has 0 aliphatic heterocycles. The SMILES string of the molecule is CCN(c1cc(C2CC2)cc(C(=O)Nc2ccc(C(=O)O)cc2)n1)C(C)C. The molecule has 142 valence electrons. The largest absolute Gasteiger partial charge is 0.478 e. The molecule has 2 aromatic rings. The third kappa shape index (κ3) is 4.45. The molecule has 0 saturated heterocycles. The smallest absolute Gasteiger partial charge is 0.335 e. The van der Waals surface area contributed by atoms with Crippen LogP contribution in [0, 0.1) is 0 Å². The Kier molecular flexibility index (Phi) is 5.44. The maximum absolute atomic E-state index is 12.8. The van der Waals surface area contributed by atoms with Gasteiger partial charge in [0.2, 0.25) is 0 Å². The Hall–Kier alpha value is -2.89. The molecule has 1 heterocycles. The fourth-order valence-electron chi connectivity index (χ4n) is 3.14. The number of nitrogens with zero attached hydrogens (tertiary/aromatic N) is 2. The number of carboxylic acid groups (broad SMARTS) is 1. The van der Waals surface area contributed by atoms with Crippen LogP contribution >= 0.6 is 0 Å². The van der Waals surface area contributed by atoms with Crippen LogP contribution in [-0.4, -0.2) is 34.6 Å². The first-order valence-electron chi connectivity index (χ1n) is 9.32. The summed E-state index contributed by atoms with van der Waals surface area (Å²) in [7, 11) is 0. The zero-order chi connectivity index (χ0) is 19.6. The van der Waals surface area contributed by atoms with Crippen LogP contribution in [0.5, 0.6) is 0 Å². The highest BCUT2D eigenvalue weighted by Gasteiger charge is 2.26. The Morgan fingerprint density at radius 3 is 2.41 bits per heavy atom. The maximum atomic E-state index is 12.8. The third-order valence-corrected chi connectivity index (χ3v) is 4.76. The monoisotopic (exact) mass is 367 g/mol. The van der Waals surface area contributed by atoms with Gasteiger partial charge >= 0.3 is 5.97 Å². The second kappa shape index (κ2) is 7.78. The normalized spacial score (nSPS) is 13.5. The number of amides is 1. The number of hydrogen-bond acceptors (Lipinski definition) is 4. The number of aromatic nitrogens is 1. The van der Waals surface area contributed by atoms with Gasteiger partial charge in [0.05, 0.1) is 5.56 Å². The van der Waals surface area contributed by atoms with Gasteiger partial charge in [-0.25, -0.2) is 9.78 Å². The van der Waals surface area contributed by atoms with E-state index in [-0.39, 0.29) is 17.5 Å². The van der Waals surface area contributed by atoms with Crippen molar-refractivity contribution in [3.8, 4) is 0 Å². The highest BCUT2D eigenvalue weighted by atomic mass is 16.4. The van der Waals surface area contributed by atoms with Crippen molar-refractivity contribution in [1.82, 2.24) is 4.98 Å². The van der Waals surface area contributed by atoms with Gasteiger partial charge < -0.3 is 15.3 Å². The van der Waals surface area contributed by atoms with Crippen LogP contribution in [0.4, 0.5) is 11.5 Å². The first-order chi connectivity index (χ1) is 12.9. The molecule has 1 aliphatic carbocycles. The molecule has 1 aromatic carbocycles. The molecule has 1 aliphatic rings. The van der Waals surface area contributed by atoms with E-state index in [9.17, 15) is 9.59 Å². The number of carbonyl (C=O) groups is 2. The molecule has 1 amide bonds. The number of carboxylic acids is 1. The Balaban J connectivity index is 1.86. The Morgan fingerprint density at radius 1 is 1.22 bits per heavy atom. The molecule has 0 bridgehead atoms. The van der Waals surface area contributed by atoms with Crippen molar-refractivity contribution in [3.05, 3.63) is 53.2 Å². The number of carbonyl (C=O) groups excluding carboxylic acids is 1. The van der Waals surface area contributed by atoms with E-state index >= 15 is 0 Å². The number of benzene rings is 1. The molecule has 1 aromatic heterocycles. The Bertz CT molecular complexity index is 842. The first-order valence-corrected chi connectivity index (χ1v) is 9.32. The lowest BCUT2D eigenvalue weighted by Crippen LogP contribution is -2.31. The minimum atomic E-state index is -0.996. The minimum absolute atomic E-state index is 0.180. The van der Waals surface area contributed by atoms with Gasteiger partial charge in [0.25, 0.3) is 5.91 Å². The summed E-state index contributed by atoms with van der Waals surface area (Å²) in [5.41, 5.74) is 2.27. The highest BCUT2D eigenvalue weighted by molar-refractivity contribution is 6.03. The van der Waals surface area contributed by atoms with Crippen LogP contribution in [0.1, 0.15) is 65.9 Å². The molecule has 0 unspecified atom stereocenters. The van der Waals surface area contributed by atoms with E-state index in [0.29, 0.717) is 17.3 Å². The van der Waals surface area contributed by atoms with E-state index < -0.39 is 5.97 Å². The van der Waals surface area contributed by atoms with E-state index in [4.69, 9.17) is 5.11 Å². The highest BCUT2D eigenvalue weighted by Crippen LogP contribution is 2.41. The molecule has 0 radical (unpaired) electrons. The molecule has 6 nitrogen and oxygen atoms in total. The predicted molar refractivity (Wildman–Crippen MR) is 106 cm³/mol. The Labute approximate surface area is 159 Å². The average Bonchev–Trinajstić information content (AvgIpc) is 3.47. The van der Waals surface area contributed by atoms with Crippen LogP contribution in [0.25, 0.3) is 0 Å². The molecular formula is C21H25N3O3. The maximum Gasteiger partial charge on any atom is 0.335 e. The molecule has 27 heavy (non-hydrogen) atoms. The number of nitrogens with one attached hydrogen (secondary N) is 1. The van der Waals surface area contributed by atoms with Crippen LogP contribution in [0.3, 0.4) is 0 Å². The van der Waals surface area contributed by atoms with Crippen molar-refractivity contribution in [2.45, 2.75) is 45.6 Å². The van der Waals surface area contributed by atoms with Gasteiger partial charge in [0.15, 0.2) is 0 Å². The molecule has 2 N–H and O–H groups in total. The lowest BCUT2D eigenvalue weighted by Gasteiger charge is -2.27. The first kappa shape index (κ1) is 18.9.